The maximum Gasteiger partial charge on any atom is 0.295 e. The molecule has 1 fully saturated rings. The lowest BCUT2D eigenvalue weighted by atomic mass is 9.95. The van der Waals surface area contributed by atoms with Crippen molar-refractivity contribution in [1.29, 1.82) is 0 Å². The molecule has 2 N–H and O–H groups in total. The fraction of sp³-hybridized carbons (Fsp3) is 0.407. The molecule has 0 aliphatic carbocycles. The number of likely N-dealkylation sites (tertiary alicyclic amines) is 1. The largest absolute Gasteiger partial charge is 0.507 e. The summed E-state index contributed by atoms with van der Waals surface area (Å²) in [4.78, 5) is 27.5. The van der Waals surface area contributed by atoms with Crippen LogP contribution in [0.2, 0.25) is 0 Å². The Balaban J connectivity index is 2.04. The van der Waals surface area contributed by atoms with Crippen molar-refractivity contribution in [3.8, 4) is 11.5 Å². The lowest BCUT2D eigenvalue weighted by Gasteiger charge is -2.25. The Hall–Kier alpha value is -3.32. The molecule has 1 saturated heterocycles. The first kappa shape index (κ1) is 25.3. The van der Waals surface area contributed by atoms with Crippen LogP contribution >= 0.6 is 0 Å². The number of aliphatic hydroxyl groups is 2. The van der Waals surface area contributed by atoms with E-state index in [0.29, 0.717) is 61.1 Å². The van der Waals surface area contributed by atoms with Crippen molar-refractivity contribution in [2.45, 2.75) is 39.7 Å². The second-order valence-corrected chi connectivity index (χ2v) is 8.72. The van der Waals surface area contributed by atoms with E-state index in [1.165, 1.54) is 4.90 Å². The number of hydrogen-bond acceptors (Lipinski definition) is 6. The monoisotopic (exact) mass is 467 g/mol. The zero-order valence-corrected chi connectivity index (χ0v) is 20.0. The molecule has 0 saturated carbocycles. The Kier molecular flexibility index (Phi) is 8.71. The minimum Gasteiger partial charge on any atom is -0.507 e. The number of ether oxygens (including phenoxy) is 2. The number of amides is 1. The Morgan fingerprint density at radius 3 is 2.44 bits per heavy atom. The maximum absolute atomic E-state index is 13.1. The fourth-order valence-corrected chi connectivity index (χ4v) is 3.88. The quantitative estimate of drug-likeness (QED) is 0.221. The highest BCUT2D eigenvalue weighted by Crippen LogP contribution is 2.40. The first-order chi connectivity index (χ1) is 16.4. The van der Waals surface area contributed by atoms with E-state index < -0.39 is 17.7 Å². The molecule has 0 radical (unpaired) electrons. The van der Waals surface area contributed by atoms with Gasteiger partial charge in [0.15, 0.2) is 0 Å². The van der Waals surface area contributed by atoms with Gasteiger partial charge in [0, 0.05) is 25.1 Å². The van der Waals surface area contributed by atoms with E-state index in [-0.39, 0.29) is 17.9 Å². The number of Topliss-reactive ketones (excluding diaryl/α,β-unsaturated/α-hetero) is 1. The van der Waals surface area contributed by atoms with Crippen LogP contribution in [0.1, 0.15) is 50.8 Å². The molecule has 1 atom stereocenters. The fourth-order valence-electron chi connectivity index (χ4n) is 3.88. The van der Waals surface area contributed by atoms with Gasteiger partial charge >= 0.3 is 0 Å². The van der Waals surface area contributed by atoms with E-state index in [4.69, 9.17) is 14.6 Å². The topological polar surface area (TPSA) is 96.3 Å². The van der Waals surface area contributed by atoms with Crippen LogP contribution in [0.25, 0.3) is 5.76 Å². The summed E-state index contributed by atoms with van der Waals surface area (Å²) in [6.45, 7) is 7.28. The Bertz CT molecular complexity index is 1040. The molecule has 1 heterocycles. The summed E-state index contributed by atoms with van der Waals surface area (Å²) in [5.74, 6) is -0.0937. The van der Waals surface area contributed by atoms with Crippen LogP contribution in [0.5, 0.6) is 11.5 Å². The van der Waals surface area contributed by atoms with Gasteiger partial charge in [0.1, 0.15) is 17.3 Å². The van der Waals surface area contributed by atoms with Crippen molar-refractivity contribution < 1.29 is 29.3 Å². The van der Waals surface area contributed by atoms with E-state index in [9.17, 15) is 14.7 Å². The summed E-state index contributed by atoms with van der Waals surface area (Å²) in [6.07, 6.45) is 1.16. The highest BCUT2D eigenvalue weighted by molar-refractivity contribution is 6.46. The molecule has 1 aliphatic heterocycles. The molecule has 2 aromatic rings. The molecule has 2 aromatic carbocycles. The normalized spacial score (nSPS) is 17.4. The van der Waals surface area contributed by atoms with Gasteiger partial charge in [0.2, 0.25) is 0 Å². The Morgan fingerprint density at radius 1 is 1.06 bits per heavy atom. The summed E-state index contributed by atoms with van der Waals surface area (Å²) in [7, 11) is 0. The van der Waals surface area contributed by atoms with Crippen LogP contribution in [0.15, 0.2) is 54.1 Å². The van der Waals surface area contributed by atoms with Gasteiger partial charge in [0.05, 0.1) is 24.8 Å². The average molecular weight is 468 g/mol. The number of benzene rings is 2. The van der Waals surface area contributed by atoms with Gasteiger partial charge in [0.25, 0.3) is 11.7 Å². The number of rotatable bonds is 11. The summed E-state index contributed by atoms with van der Waals surface area (Å²) < 4.78 is 11.5. The van der Waals surface area contributed by atoms with Crippen molar-refractivity contribution >= 4 is 17.4 Å². The van der Waals surface area contributed by atoms with Crippen LogP contribution < -0.4 is 9.47 Å². The van der Waals surface area contributed by atoms with E-state index in [1.54, 1.807) is 42.5 Å². The van der Waals surface area contributed by atoms with Crippen LogP contribution in [-0.2, 0) is 9.59 Å². The third kappa shape index (κ3) is 5.78. The van der Waals surface area contributed by atoms with E-state index >= 15 is 0 Å². The zero-order valence-electron chi connectivity index (χ0n) is 20.0. The Labute approximate surface area is 200 Å². The van der Waals surface area contributed by atoms with Crippen molar-refractivity contribution in [2.24, 2.45) is 5.92 Å². The van der Waals surface area contributed by atoms with E-state index in [1.807, 2.05) is 26.8 Å². The van der Waals surface area contributed by atoms with Gasteiger partial charge < -0.3 is 24.6 Å². The predicted octanol–water partition coefficient (Wildman–Crippen LogP) is 4.31. The lowest BCUT2D eigenvalue weighted by molar-refractivity contribution is -0.139. The molecule has 0 spiro atoms. The van der Waals surface area contributed by atoms with Crippen LogP contribution in [-0.4, -0.2) is 53.2 Å². The molecular weight excluding hydrogens is 434 g/mol. The van der Waals surface area contributed by atoms with Crippen LogP contribution in [0.4, 0.5) is 0 Å². The van der Waals surface area contributed by atoms with Gasteiger partial charge in [-0.3, -0.25) is 9.59 Å². The zero-order chi connectivity index (χ0) is 24.7. The molecule has 1 aliphatic rings. The van der Waals surface area contributed by atoms with E-state index in [2.05, 4.69) is 0 Å². The molecule has 34 heavy (non-hydrogen) atoms. The SMILES string of the molecule is CCCN1C(=O)C(=O)/C(=C(\O)c2cccc(OCC(C)C)c2)C1c1cccc(OCCCO)c1. The van der Waals surface area contributed by atoms with Crippen molar-refractivity contribution in [1.82, 2.24) is 4.90 Å². The number of carbonyl (C=O) groups excluding carboxylic acids is 2. The summed E-state index contributed by atoms with van der Waals surface area (Å²) in [6, 6.07) is 13.3. The van der Waals surface area contributed by atoms with Gasteiger partial charge in [-0.2, -0.15) is 0 Å². The molecular formula is C27H33NO6. The minimum atomic E-state index is -0.735. The third-order valence-electron chi connectivity index (χ3n) is 5.44. The van der Waals surface area contributed by atoms with Crippen molar-refractivity contribution in [3.63, 3.8) is 0 Å². The second kappa shape index (κ2) is 11.7. The summed E-state index contributed by atoms with van der Waals surface area (Å²) in [5, 5.41) is 20.2. The second-order valence-electron chi connectivity index (χ2n) is 8.72. The van der Waals surface area contributed by atoms with Crippen molar-refractivity contribution in [2.75, 3.05) is 26.4 Å². The number of carbonyl (C=O) groups is 2. The number of nitrogens with zero attached hydrogens (tertiary/aromatic N) is 1. The molecule has 1 unspecified atom stereocenters. The molecule has 3 rings (SSSR count). The standard InChI is InChI=1S/C27H33NO6/c1-4-12-28-24(19-8-5-10-21(15-19)33-14-7-13-29)23(26(31)27(28)32)25(30)20-9-6-11-22(16-20)34-17-18(2)3/h5-6,8-11,15-16,18,24,29-30H,4,7,12-14,17H2,1-3H3/b25-23-. The molecule has 0 aromatic heterocycles. The first-order valence-electron chi connectivity index (χ1n) is 11.7. The number of hydrogen-bond donors (Lipinski definition) is 2. The molecule has 1 amide bonds. The first-order valence-corrected chi connectivity index (χ1v) is 11.7. The van der Waals surface area contributed by atoms with Crippen LogP contribution in [0.3, 0.4) is 0 Å². The van der Waals surface area contributed by atoms with Gasteiger partial charge in [-0.15, -0.1) is 0 Å². The van der Waals surface area contributed by atoms with Gasteiger partial charge in [-0.25, -0.2) is 0 Å². The molecule has 7 heteroatoms. The minimum absolute atomic E-state index is 0.0241. The van der Waals surface area contributed by atoms with E-state index in [0.717, 1.165) is 0 Å². The third-order valence-corrected chi connectivity index (χ3v) is 5.44. The lowest BCUT2D eigenvalue weighted by Crippen LogP contribution is -2.30. The summed E-state index contributed by atoms with van der Waals surface area (Å²) in [5.41, 5.74) is 1.13. The molecule has 182 valence electrons. The predicted molar refractivity (Wildman–Crippen MR) is 130 cm³/mol. The summed E-state index contributed by atoms with van der Waals surface area (Å²) >= 11 is 0. The molecule has 7 nitrogen and oxygen atoms in total. The van der Waals surface area contributed by atoms with Crippen LogP contribution in [0, 0.1) is 5.92 Å². The number of ketones is 1. The van der Waals surface area contributed by atoms with Gasteiger partial charge in [-0.1, -0.05) is 45.0 Å². The molecule has 0 bridgehead atoms. The highest BCUT2D eigenvalue weighted by atomic mass is 16.5. The van der Waals surface area contributed by atoms with Gasteiger partial charge in [-0.05, 0) is 42.2 Å². The smallest absolute Gasteiger partial charge is 0.295 e. The highest BCUT2D eigenvalue weighted by Gasteiger charge is 2.45. The van der Waals surface area contributed by atoms with Crippen molar-refractivity contribution in [3.05, 3.63) is 65.2 Å². The maximum atomic E-state index is 13.1. The Morgan fingerprint density at radius 2 is 1.76 bits per heavy atom. The number of aliphatic hydroxyl groups excluding tert-OH is 2. The average Bonchev–Trinajstić information content (AvgIpc) is 3.08.